The van der Waals surface area contributed by atoms with Crippen LogP contribution in [0.25, 0.3) is 0 Å². The largest absolute Gasteiger partial charge is 0.354 e. The Labute approximate surface area is 98.3 Å². The van der Waals surface area contributed by atoms with Crippen molar-refractivity contribution >= 4 is 5.91 Å². The van der Waals surface area contributed by atoms with Crippen LogP contribution in [0.5, 0.6) is 0 Å². The van der Waals surface area contributed by atoms with Gasteiger partial charge >= 0.3 is 0 Å². The maximum absolute atomic E-state index is 11.6. The summed E-state index contributed by atoms with van der Waals surface area (Å²) >= 11 is 0. The van der Waals surface area contributed by atoms with E-state index in [1.807, 2.05) is 6.92 Å². The first kappa shape index (κ1) is 13.5. The van der Waals surface area contributed by atoms with Crippen LogP contribution in [0, 0.1) is 11.3 Å². The molecule has 94 valence electrons. The molecule has 0 radical (unpaired) electrons. The minimum atomic E-state index is -0.0910. The van der Waals surface area contributed by atoms with E-state index in [4.69, 9.17) is 5.73 Å². The van der Waals surface area contributed by atoms with E-state index in [1.165, 1.54) is 12.8 Å². The van der Waals surface area contributed by atoms with E-state index < -0.39 is 0 Å². The van der Waals surface area contributed by atoms with Crippen LogP contribution < -0.4 is 16.4 Å². The van der Waals surface area contributed by atoms with Crippen molar-refractivity contribution in [2.75, 3.05) is 19.6 Å². The van der Waals surface area contributed by atoms with Crippen LogP contribution in [0.2, 0.25) is 0 Å². The summed E-state index contributed by atoms with van der Waals surface area (Å²) in [5, 5.41) is 6.45. The van der Waals surface area contributed by atoms with Gasteiger partial charge in [0, 0.05) is 25.0 Å². The van der Waals surface area contributed by atoms with E-state index in [-0.39, 0.29) is 17.2 Å². The lowest BCUT2D eigenvalue weighted by atomic mass is 9.77. The molecule has 1 heterocycles. The van der Waals surface area contributed by atoms with Crippen molar-refractivity contribution in [3.8, 4) is 0 Å². The average Bonchev–Trinajstić information content (AvgIpc) is 2.25. The first-order valence-corrected chi connectivity index (χ1v) is 6.18. The van der Waals surface area contributed by atoms with Crippen LogP contribution in [0.1, 0.15) is 33.6 Å². The summed E-state index contributed by atoms with van der Waals surface area (Å²) in [6.07, 6.45) is 2.43. The van der Waals surface area contributed by atoms with E-state index >= 15 is 0 Å². The van der Waals surface area contributed by atoms with Crippen LogP contribution in [-0.4, -0.2) is 31.6 Å². The van der Waals surface area contributed by atoms with Gasteiger partial charge in [0.2, 0.25) is 5.91 Å². The molecular formula is C12H25N3O. The SMILES string of the molecule is CC(CN)C(=O)NCC1NCCCC1(C)C. The molecule has 4 N–H and O–H groups in total. The van der Waals surface area contributed by atoms with Gasteiger partial charge in [0.05, 0.1) is 0 Å². The summed E-state index contributed by atoms with van der Waals surface area (Å²) in [5.74, 6) is -0.0302. The fourth-order valence-corrected chi connectivity index (χ4v) is 2.10. The Bertz CT molecular complexity index is 240. The zero-order valence-electron chi connectivity index (χ0n) is 10.7. The molecule has 1 aliphatic heterocycles. The molecule has 16 heavy (non-hydrogen) atoms. The first-order valence-electron chi connectivity index (χ1n) is 6.18. The van der Waals surface area contributed by atoms with E-state index in [0.29, 0.717) is 19.1 Å². The standard InChI is InChI=1S/C12H25N3O/c1-9(7-13)11(16)15-8-10-12(2,3)5-4-6-14-10/h9-10,14H,4-8,13H2,1-3H3,(H,15,16). The molecule has 1 fully saturated rings. The molecule has 2 unspecified atom stereocenters. The van der Waals surface area contributed by atoms with Crippen molar-refractivity contribution in [2.24, 2.45) is 17.1 Å². The fourth-order valence-electron chi connectivity index (χ4n) is 2.10. The van der Waals surface area contributed by atoms with E-state index in [0.717, 1.165) is 6.54 Å². The van der Waals surface area contributed by atoms with E-state index in [9.17, 15) is 4.79 Å². The molecule has 2 atom stereocenters. The summed E-state index contributed by atoms with van der Waals surface area (Å²) in [4.78, 5) is 11.6. The highest BCUT2D eigenvalue weighted by Gasteiger charge is 2.32. The highest BCUT2D eigenvalue weighted by molar-refractivity contribution is 5.78. The average molecular weight is 227 g/mol. The zero-order valence-corrected chi connectivity index (χ0v) is 10.7. The number of amides is 1. The Morgan fingerprint density at radius 3 is 2.88 bits per heavy atom. The maximum atomic E-state index is 11.6. The number of nitrogens with one attached hydrogen (secondary N) is 2. The molecule has 0 aromatic heterocycles. The van der Waals surface area contributed by atoms with Crippen LogP contribution in [0.15, 0.2) is 0 Å². The molecule has 4 heteroatoms. The molecule has 0 aromatic rings. The van der Waals surface area contributed by atoms with Crippen molar-refractivity contribution in [3.05, 3.63) is 0 Å². The summed E-state index contributed by atoms with van der Waals surface area (Å²) in [6, 6.07) is 0.371. The highest BCUT2D eigenvalue weighted by atomic mass is 16.1. The van der Waals surface area contributed by atoms with Crippen LogP contribution >= 0.6 is 0 Å². The highest BCUT2D eigenvalue weighted by Crippen LogP contribution is 2.29. The maximum Gasteiger partial charge on any atom is 0.224 e. The lowest BCUT2D eigenvalue weighted by molar-refractivity contribution is -0.124. The van der Waals surface area contributed by atoms with Crippen molar-refractivity contribution in [1.29, 1.82) is 0 Å². The number of hydrogen-bond acceptors (Lipinski definition) is 3. The third-order valence-corrected chi connectivity index (χ3v) is 3.61. The number of carbonyl (C=O) groups is 1. The number of piperidine rings is 1. The second kappa shape index (κ2) is 5.64. The van der Waals surface area contributed by atoms with Gasteiger partial charge in [-0.05, 0) is 24.8 Å². The summed E-state index contributed by atoms with van der Waals surface area (Å²) < 4.78 is 0. The smallest absolute Gasteiger partial charge is 0.224 e. The van der Waals surface area contributed by atoms with Gasteiger partial charge in [0.15, 0.2) is 0 Å². The van der Waals surface area contributed by atoms with Crippen LogP contribution in [0.3, 0.4) is 0 Å². The van der Waals surface area contributed by atoms with Crippen LogP contribution in [-0.2, 0) is 4.79 Å². The molecule has 1 amide bonds. The predicted octanol–water partition coefficient (Wildman–Crippen LogP) is 0.476. The molecule has 0 spiro atoms. The number of hydrogen-bond donors (Lipinski definition) is 3. The summed E-state index contributed by atoms with van der Waals surface area (Å²) in [7, 11) is 0. The molecular weight excluding hydrogens is 202 g/mol. The van der Waals surface area contributed by atoms with Gasteiger partial charge in [-0.1, -0.05) is 20.8 Å². The Morgan fingerprint density at radius 2 is 2.31 bits per heavy atom. The Kier molecular flexibility index (Phi) is 4.74. The van der Waals surface area contributed by atoms with E-state index in [1.54, 1.807) is 0 Å². The van der Waals surface area contributed by atoms with Crippen molar-refractivity contribution < 1.29 is 4.79 Å². The molecule has 1 rings (SSSR count). The Morgan fingerprint density at radius 1 is 1.62 bits per heavy atom. The van der Waals surface area contributed by atoms with Crippen LogP contribution in [0.4, 0.5) is 0 Å². The monoisotopic (exact) mass is 227 g/mol. The molecule has 0 aromatic carbocycles. The lowest BCUT2D eigenvalue weighted by Crippen LogP contribution is -2.53. The van der Waals surface area contributed by atoms with Gasteiger partial charge < -0.3 is 16.4 Å². The van der Waals surface area contributed by atoms with Gasteiger partial charge in [-0.3, -0.25) is 4.79 Å². The molecule has 0 aliphatic carbocycles. The third-order valence-electron chi connectivity index (χ3n) is 3.61. The normalized spacial score (nSPS) is 26.1. The minimum Gasteiger partial charge on any atom is -0.354 e. The van der Waals surface area contributed by atoms with Crippen molar-refractivity contribution in [2.45, 2.75) is 39.7 Å². The lowest BCUT2D eigenvalue weighted by Gasteiger charge is -2.39. The Balaban J connectivity index is 2.39. The first-order chi connectivity index (χ1) is 7.47. The zero-order chi connectivity index (χ0) is 12.2. The summed E-state index contributed by atoms with van der Waals surface area (Å²) in [5.41, 5.74) is 5.72. The Hall–Kier alpha value is -0.610. The van der Waals surface area contributed by atoms with Gasteiger partial charge in [-0.2, -0.15) is 0 Å². The second-order valence-corrected chi connectivity index (χ2v) is 5.48. The molecule has 0 saturated carbocycles. The molecule has 1 saturated heterocycles. The van der Waals surface area contributed by atoms with Gasteiger partial charge in [-0.25, -0.2) is 0 Å². The quantitative estimate of drug-likeness (QED) is 0.654. The molecule has 0 bridgehead atoms. The van der Waals surface area contributed by atoms with Gasteiger partial charge in [0.1, 0.15) is 0 Å². The number of rotatable bonds is 4. The molecule has 4 nitrogen and oxygen atoms in total. The minimum absolute atomic E-state index is 0.0608. The van der Waals surface area contributed by atoms with Crippen molar-refractivity contribution in [1.82, 2.24) is 10.6 Å². The second-order valence-electron chi connectivity index (χ2n) is 5.48. The number of nitrogens with two attached hydrogens (primary N) is 1. The topological polar surface area (TPSA) is 67.2 Å². The van der Waals surface area contributed by atoms with Gasteiger partial charge in [0.25, 0.3) is 0 Å². The summed E-state index contributed by atoms with van der Waals surface area (Å²) in [6.45, 7) is 8.53. The van der Waals surface area contributed by atoms with Crippen molar-refractivity contribution in [3.63, 3.8) is 0 Å². The predicted molar refractivity (Wildman–Crippen MR) is 66.0 cm³/mol. The molecule has 1 aliphatic rings. The van der Waals surface area contributed by atoms with E-state index in [2.05, 4.69) is 24.5 Å². The fraction of sp³-hybridized carbons (Fsp3) is 0.917. The van der Waals surface area contributed by atoms with Gasteiger partial charge in [-0.15, -0.1) is 0 Å². The number of carbonyl (C=O) groups excluding carboxylic acids is 1. The third kappa shape index (κ3) is 3.46.